The summed E-state index contributed by atoms with van der Waals surface area (Å²) in [6.45, 7) is 0.777. The molecule has 0 amide bonds. The van der Waals surface area contributed by atoms with Gasteiger partial charge in [0.05, 0.1) is 23.7 Å². The number of ether oxygens (including phenoxy) is 2. The molecule has 0 aliphatic heterocycles. The highest BCUT2D eigenvalue weighted by atomic mass is 79.9. The van der Waals surface area contributed by atoms with Crippen molar-refractivity contribution < 1.29 is 9.47 Å². The molecule has 0 bridgehead atoms. The molecule has 1 N–H and O–H groups in total. The molecule has 1 aromatic heterocycles. The van der Waals surface area contributed by atoms with Crippen molar-refractivity contribution in [2.24, 2.45) is 0 Å². The fourth-order valence-corrected chi connectivity index (χ4v) is 3.00. The molecule has 0 fully saturated rings. The summed E-state index contributed by atoms with van der Waals surface area (Å²) in [4.78, 5) is 1.26. The minimum absolute atomic E-state index is 0.777. The van der Waals surface area contributed by atoms with E-state index in [-0.39, 0.29) is 0 Å². The van der Waals surface area contributed by atoms with Gasteiger partial charge in [-0.2, -0.15) is 0 Å². The number of hydrogen-bond donors (Lipinski definition) is 1. The second-order valence-electron chi connectivity index (χ2n) is 3.63. The van der Waals surface area contributed by atoms with E-state index in [9.17, 15) is 0 Å². The van der Waals surface area contributed by atoms with Gasteiger partial charge >= 0.3 is 0 Å². The van der Waals surface area contributed by atoms with E-state index in [1.165, 1.54) is 4.88 Å². The zero-order valence-electron chi connectivity index (χ0n) is 10.2. The van der Waals surface area contributed by atoms with Crippen LogP contribution in [0, 0.1) is 0 Å². The minimum Gasteiger partial charge on any atom is -0.497 e. The van der Waals surface area contributed by atoms with Gasteiger partial charge in [-0.05, 0) is 40.2 Å². The molecular formula is C13H14BrNO2S. The standard InChI is InChI=1S/C13H14BrNO2S/c1-16-9-3-5-11(12(7-9)17-2)15-8-10-4-6-13(14)18-10/h3-7,15H,8H2,1-2H3. The highest BCUT2D eigenvalue weighted by Crippen LogP contribution is 2.30. The summed E-state index contributed by atoms with van der Waals surface area (Å²) in [5.41, 5.74) is 0.961. The summed E-state index contributed by atoms with van der Waals surface area (Å²) in [5, 5.41) is 3.35. The molecule has 1 heterocycles. The number of methoxy groups -OCH3 is 2. The second-order valence-corrected chi connectivity index (χ2v) is 6.17. The van der Waals surface area contributed by atoms with Gasteiger partial charge in [-0.3, -0.25) is 0 Å². The largest absolute Gasteiger partial charge is 0.497 e. The van der Waals surface area contributed by atoms with Crippen LogP contribution in [0.5, 0.6) is 11.5 Å². The first-order valence-corrected chi connectivity index (χ1v) is 7.04. The minimum atomic E-state index is 0.777. The molecule has 0 spiro atoms. The van der Waals surface area contributed by atoms with E-state index in [4.69, 9.17) is 9.47 Å². The lowest BCUT2D eigenvalue weighted by atomic mass is 10.2. The van der Waals surface area contributed by atoms with Crippen molar-refractivity contribution in [3.05, 3.63) is 39.0 Å². The summed E-state index contributed by atoms with van der Waals surface area (Å²) in [5.74, 6) is 1.57. The third-order valence-electron chi connectivity index (χ3n) is 2.49. The monoisotopic (exact) mass is 327 g/mol. The van der Waals surface area contributed by atoms with Crippen molar-refractivity contribution in [3.8, 4) is 11.5 Å². The summed E-state index contributed by atoms with van der Waals surface area (Å²) in [6.07, 6.45) is 0. The van der Waals surface area contributed by atoms with Gasteiger partial charge in [-0.1, -0.05) is 0 Å². The fourth-order valence-electron chi connectivity index (χ4n) is 1.57. The van der Waals surface area contributed by atoms with Crippen molar-refractivity contribution in [3.63, 3.8) is 0 Å². The summed E-state index contributed by atoms with van der Waals surface area (Å²) < 4.78 is 11.6. The van der Waals surface area contributed by atoms with E-state index in [2.05, 4.69) is 27.3 Å². The molecule has 0 radical (unpaired) electrons. The maximum Gasteiger partial charge on any atom is 0.145 e. The topological polar surface area (TPSA) is 30.5 Å². The van der Waals surface area contributed by atoms with Gasteiger partial charge in [0.15, 0.2) is 0 Å². The molecule has 5 heteroatoms. The maximum atomic E-state index is 5.33. The molecule has 3 nitrogen and oxygen atoms in total. The zero-order valence-corrected chi connectivity index (χ0v) is 12.6. The normalized spacial score (nSPS) is 10.2. The molecule has 2 rings (SSSR count). The fraction of sp³-hybridized carbons (Fsp3) is 0.231. The molecule has 18 heavy (non-hydrogen) atoms. The molecule has 0 saturated heterocycles. The Bertz CT molecular complexity index is 527. The van der Waals surface area contributed by atoms with Crippen LogP contribution in [0.1, 0.15) is 4.88 Å². The molecular weight excluding hydrogens is 314 g/mol. The Morgan fingerprint density at radius 1 is 1.17 bits per heavy atom. The number of nitrogens with one attached hydrogen (secondary N) is 1. The molecule has 1 aromatic carbocycles. The molecule has 0 saturated carbocycles. The molecule has 2 aromatic rings. The van der Waals surface area contributed by atoms with Crippen molar-refractivity contribution in [2.45, 2.75) is 6.54 Å². The van der Waals surface area contributed by atoms with Crippen LogP contribution in [0.2, 0.25) is 0 Å². The highest BCUT2D eigenvalue weighted by molar-refractivity contribution is 9.11. The van der Waals surface area contributed by atoms with Gasteiger partial charge < -0.3 is 14.8 Å². The SMILES string of the molecule is COc1ccc(NCc2ccc(Br)s2)c(OC)c1. The van der Waals surface area contributed by atoms with Gasteiger partial charge in [-0.15, -0.1) is 11.3 Å². The van der Waals surface area contributed by atoms with E-state index in [1.807, 2.05) is 24.3 Å². The zero-order chi connectivity index (χ0) is 13.0. The average molecular weight is 328 g/mol. The second kappa shape index (κ2) is 6.11. The Morgan fingerprint density at radius 3 is 2.61 bits per heavy atom. The molecule has 0 aliphatic carbocycles. The third kappa shape index (κ3) is 3.17. The number of benzene rings is 1. The van der Waals surface area contributed by atoms with Crippen LogP contribution in [0.15, 0.2) is 34.1 Å². The summed E-state index contributed by atoms with van der Waals surface area (Å²) in [7, 11) is 3.30. The Hall–Kier alpha value is -1.20. The van der Waals surface area contributed by atoms with Crippen LogP contribution in [-0.4, -0.2) is 14.2 Å². The van der Waals surface area contributed by atoms with Gasteiger partial charge in [0.1, 0.15) is 11.5 Å². The highest BCUT2D eigenvalue weighted by Gasteiger charge is 2.05. The van der Waals surface area contributed by atoms with E-state index in [0.29, 0.717) is 0 Å². The molecule has 0 aliphatic rings. The lowest BCUT2D eigenvalue weighted by Crippen LogP contribution is -2.00. The first-order valence-electron chi connectivity index (χ1n) is 5.43. The Morgan fingerprint density at radius 2 is 2.00 bits per heavy atom. The van der Waals surface area contributed by atoms with Gasteiger partial charge in [0.25, 0.3) is 0 Å². The molecule has 96 valence electrons. The number of halogens is 1. The third-order valence-corrected chi connectivity index (χ3v) is 4.11. The predicted octanol–water partition coefficient (Wildman–Crippen LogP) is 4.14. The average Bonchev–Trinajstić information content (AvgIpc) is 2.82. The smallest absolute Gasteiger partial charge is 0.145 e. The van der Waals surface area contributed by atoms with Crippen LogP contribution in [0.25, 0.3) is 0 Å². The summed E-state index contributed by atoms with van der Waals surface area (Å²) >= 11 is 5.17. The predicted molar refractivity (Wildman–Crippen MR) is 78.9 cm³/mol. The van der Waals surface area contributed by atoms with E-state index in [0.717, 1.165) is 27.5 Å². The number of rotatable bonds is 5. The Kier molecular flexibility index (Phi) is 4.49. The van der Waals surface area contributed by atoms with E-state index >= 15 is 0 Å². The van der Waals surface area contributed by atoms with Crippen LogP contribution in [0.3, 0.4) is 0 Å². The number of anilines is 1. The quantitative estimate of drug-likeness (QED) is 0.895. The first-order chi connectivity index (χ1) is 8.72. The lowest BCUT2D eigenvalue weighted by Gasteiger charge is -2.11. The van der Waals surface area contributed by atoms with Gasteiger partial charge in [0.2, 0.25) is 0 Å². The number of hydrogen-bond acceptors (Lipinski definition) is 4. The first kappa shape index (κ1) is 13.2. The van der Waals surface area contributed by atoms with Crippen molar-refractivity contribution >= 4 is 33.0 Å². The van der Waals surface area contributed by atoms with Crippen molar-refractivity contribution in [1.82, 2.24) is 0 Å². The van der Waals surface area contributed by atoms with E-state index < -0.39 is 0 Å². The molecule has 0 atom stereocenters. The van der Waals surface area contributed by atoms with Crippen LogP contribution < -0.4 is 14.8 Å². The van der Waals surface area contributed by atoms with Crippen LogP contribution >= 0.6 is 27.3 Å². The van der Waals surface area contributed by atoms with E-state index in [1.54, 1.807) is 25.6 Å². The van der Waals surface area contributed by atoms with Crippen molar-refractivity contribution in [2.75, 3.05) is 19.5 Å². The lowest BCUT2D eigenvalue weighted by molar-refractivity contribution is 0.395. The maximum absolute atomic E-state index is 5.33. The summed E-state index contributed by atoms with van der Waals surface area (Å²) in [6, 6.07) is 9.88. The number of thiophene rings is 1. The molecule has 0 unspecified atom stereocenters. The van der Waals surface area contributed by atoms with Crippen molar-refractivity contribution in [1.29, 1.82) is 0 Å². The Labute approximate surface area is 119 Å². The van der Waals surface area contributed by atoms with Crippen LogP contribution in [-0.2, 0) is 6.54 Å². The van der Waals surface area contributed by atoms with Gasteiger partial charge in [-0.25, -0.2) is 0 Å². The van der Waals surface area contributed by atoms with Gasteiger partial charge in [0, 0.05) is 17.5 Å². The van der Waals surface area contributed by atoms with Crippen LogP contribution in [0.4, 0.5) is 5.69 Å². The Balaban J connectivity index is 2.08.